The fourth-order valence-corrected chi connectivity index (χ4v) is 3.06. The van der Waals surface area contributed by atoms with Crippen molar-refractivity contribution in [2.75, 3.05) is 0 Å². The largest absolute Gasteiger partial charge is 0.350 e. The summed E-state index contributed by atoms with van der Waals surface area (Å²) in [5.41, 5.74) is 6.43. The van der Waals surface area contributed by atoms with Crippen molar-refractivity contribution in [3.8, 4) is 11.1 Å². The van der Waals surface area contributed by atoms with Crippen LogP contribution >= 0.6 is 0 Å². The number of hydrogen-bond donors (Lipinski definition) is 0. The zero-order valence-corrected chi connectivity index (χ0v) is 13.6. The number of aryl methyl sites for hydroxylation is 4. The van der Waals surface area contributed by atoms with Gasteiger partial charge in [0.15, 0.2) is 5.43 Å². The predicted molar refractivity (Wildman–Crippen MR) is 93.5 cm³/mol. The molecule has 112 valence electrons. The Morgan fingerprint density at radius 3 is 2.32 bits per heavy atom. The van der Waals surface area contributed by atoms with E-state index in [4.69, 9.17) is 0 Å². The van der Waals surface area contributed by atoms with E-state index in [1.807, 2.05) is 25.4 Å². The molecule has 0 atom stereocenters. The van der Waals surface area contributed by atoms with Crippen molar-refractivity contribution in [2.24, 2.45) is 7.05 Å². The zero-order chi connectivity index (χ0) is 15.9. The maximum absolute atomic E-state index is 13.0. The van der Waals surface area contributed by atoms with Gasteiger partial charge in [0.25, 0.3) is 0 Å². The molecule has 0 fully saturated rings. The molecule has 0 bridgehead atoms. The number of nitrogens with zero attached hydrogens (tertiary/aromatic N) is 1. The van der Waals surface area contributed by atoms with E-state index in [-0.39, 0.29) is 5.43 Å². The van der Waals surface area contributed by atoms with Gasteiger partial charge in [-0.1, -0.05) is 42.8 Å². The molecule has 2 heteroatoms. The molecule has 0 saturated carbocycles. The van der Waals surface area contributed by atoms with Crippen molar-refractivity contribution in [3.05, 3.63) is 69.5 Å². The minimum Gasteiger partial charge on any atom is -0.350 e. The van der Waals surface area contributed by atoms with Gasteiger partial charge in [-0.25, -0.2) is 0 Å². The number of fused-ring (bicyclic) bond motifs is 1. The first kappa shape index (κ1) is 14.6. The van der Waals surface area contributed by atoms with Crippen molar-refractivity contribution in [2.45, 2.75) is 27.2 Å². The van der Waals surface area contributed by atoms with Gasteiger partial charge in [0.05, 0.1) is 5.52 Å². The molecule has 22 heavy (non-hydrogen) atoms. The Morgan fingerprint density at radius 2 is 1.68 bits per heavy atom. The van der Waals surface area contributed by atoms with Gasteiger partial charge in [0.2, 0.25) is 0 Å². The maximum Gasteiger partial charge on any atom is 0.197 e. The van der Waals surface area contributed by atoms with Crippen LogP contribution in [0.2, 0.25) is 0 Å². The van der Waals surface area contributed by atoms with Gasteiger partial charge in [-0.05, 0) is 43.0 Å². The summed E-state index contributed by atoms with van der Waals surface area (Å²) in [6.07, 6.45) is 2.82. The van der Waals surface area contributed by atoms with Crippen molar-refractivity contribution < 1.29 is 0 Å². The van der Waals surface area contributed by atoms with Crippen LogP contribution in [0.25, 0.3) is 22.0 Å². The summed E-state index contributed by atoms with van der Waals surface area (Å²) in [5.74, 6) is 0. The first-order valence-corrected chi connectivity index (χ1v) is 7.71. The first-order valence-electron chi connectivity index (χ1n) is 7.71. The minimum atomic E-state index is 0.133. The average Bonchev–Trinajstić information content (AvgIpc) is 2.51. The van der Waals surface area contributed by atoms with Crippen LogP contribution in [-0.2, 0) is 13.5 Å². The van der Waals surface area contributed by atoms with Crippen molar-refractivity contribution >= 4 is 10.9 Å². The normalized spacial score (nSPS) is 11.1. The Bertz CT molecular complexity index is 902. The van der Waals surface area contributed by atoms with Gasteiger partial charge in [-0.15, -0.1) is 0 Å². The average molecular weight is 291 g/mol. The lowest BCUT2D eigenvalue weighted by Gasteiger charge is -2.13. The van der Waals surface area contributed by atoms with E-state index in [1.165, 1.54) is 11.1 Å². The van der Waals surface area contributed by atoms with Crippen LogP contribution in [0, 0.1) is 13.8 Å². The number of pyridine rings is 1. The van der Waals surface area contributed by atoms with E-state index < -0.39 is 0 Å². The molecule has 0 aliphatic rings. The maximum atomic E-state index is 13.0. The van der Waals surface area contributed by atoms with E-state index in [9.17, 15) is 4.79 Å². The second kappa shape index (κ2) is 5.45. The van der Waals surface area contributed by atoms with E-state index >= 15 is 0 Å². The number of rotatable bonds is 2. The molecular weight excluding hydrogens is 270 g/mol. The molecular formula is C20H21NO. The summed E-state index contributed by atoms with van der Waals surface area (Å²) in [5, 5.41) is 0.855. The Morgan fingerprint density at radius 1 is 1.00 bits per heavy atom. The summed E-state index contributed by atoms with van der Waals surface area (Å²) in [6.45, 7) is 6.24. The van der Waals surface area contributed by atoms with E-state index in [0.29, 0.717) is 0 Å². The molecule has 0 aliphatic heterocycles. The topological polar surface area (TPSA) is 22.0 Å². The van der Waals surface area contributed by atoms with Gasteiger partial charge in [0.1, 0.15) is 0 Å². The second-order valence-electron chi connectivity index (χ2n) is 6.02. The van der Waals surface area contributed by atoms with Crippen LogP contribution in [0.15, 0.2) is 47.4 Å². The highest BCUT2D eigenvalue weighted by atomic mass is 16.1. The van der Waals surface area contributed by atoms with Gasteiger partial charge < -0.3 is 4.57 Å². The van der Waals surface area contributed by atoms with Crippen LogP contribution in [0.1, 0.15) is 23.6 Å². The molecule has 0 aliphatic carbocycles. The summed E-state index contributed by atoms with van der Waals surface area (Å²) in [4.78, 5) is 13.0. The highest BCUT2D eigenvalue weighted by Gasteiger charge is 2.12. The molecule has 2 aromatic carbocycles. The Kier molecular flexibility index (Phi) is 3.61. The van der Waals surface area contributed by atoms with Crippen LogP contribution in [0.3, 0.4) is 0 Å². The standard InChI is InChI=1S/C20H21NO/c1-5-15-10-14(3)11-18-19(15)20(22)17(12-21(18)4)16-8-6-13(2)7-9-16/h6-12H,5H2,1-4H3. The Hall–Kier alpha value is -2.35. The van der Waals surface area contributed by atoms with Crippen molar-refractivity contribution in [1.82, 2.24) is 4.57 Å². The Labute approximate surface area is 131 Å². The smallest absolute Gasteiger partial charge is 0.197 e. The third kappa shape index (κ3) is 2.35. The molecule has 0 spiro atoms. The van der Waals surface area contributed by atoms with Crippen molar-refractivity contribution in [1.29, 1.82) is 0 Å². The van der Waals surface area contributed by atoms with Crippen LogP contribution in [0.4, 0.5) is 0 Å². The molecule has 2 nitrogen and oxygen atoms in total. The Balaban J connectivity index is 2.39. The lowest BCUT2D eigenvalue weighted by atomic mass is 9.98. The third-order valence-corrected chi connectivity index (χ3v) is 4.26. The second-order valence-corrected chi connectivity index (χ2v) is 6.02. The SMILES string of the molecule is CCc1cc(C)cc2c1c(=O)c(-c1ccc(C)cc1)cn2C. The molecule has 0 saturated heterocycles. The fraction of sp³-hybridized carbons (Fsp3) is 0.250. The summed E-state index contributed by atoms with van der Waals surface area (Å²) < 4.78 is 2.07. The summed E-state index contributed by atoms with van der Waals surface area (Å²) >= 11 is 0. The molecule has 0 amide bonds. The summed E-state index contributed by atoms with van der Waals surface area (Å²) in [7, 11) is 2.01. The van der Waals surface area contributed by atoms with E-state index in [1.54, 1.807) is 0 Å². The van der Waals surface area contributed by atoms with E-state index in [2.05, 4.69) is 49.6 Å². The molecule has 3 rings (SSSR count). The van der Waals surface area contributed by atoms with Crippen LogP contribution < -0.4 is 5.43 Å². The fourth-order valence-electron chi connectivity index (χ4n) is 3.06. The van der Waals surface area contributed by atoms with Gasteiger partial charge in [-0.3, -0.25) is 4.79 Å². The predicted octanol–water partition coefficient (Wildman–Crippen LogP) is 4.38. The lowest BCUT2D eigenvalue weighted by Crippen LogP contribution is -2.12. The number of benzene rings is 2. The van der Waals surface area contributed by atoms with E-state index in [0.717, 1.165) is 34.0 Å². The molecule has 1 heterocycles. The highest BCUT2D eigenvalue weighted by Crippen LogP contribution is 2.23. The third-order valence-electron chi connectivity index (χ3n) is 4.26. The van der Waals surface area contributed by atoms with Crippen LogP contribution in [-0.4, -0.2) is 4.57 Å². The number of aromatic nitrogens is 1. The monoisotopic (exact) mass is 291 g/mol. The molecule has 0 unspecified atom stereocenters. The van der Waals surface area contributed by atoms with Crippen molar-refractivity contribution in [3.63, 3.8) is 0 Å². The van der Waals surface area contributed by atoms with Gasteiger partial charge in [-0.2, -0.15) is 0 Å². The van der Waals surface area contributed by atoms with Gasteiger partial charge >= 0.3 is 0 Å². The molecule has 3 aromatic rings. The highest BCUT2D eigenvalue weighted by molar-refractivity contribution is 5.87. The molecule has 0 N–H and O–H groups in total. The van der Waals surface area contributed by atoms with Crippen LogP contribution in [0.5, 0.6) is 0 Å². The summed E-state index contributed by atoms with van der Waals surface area (Å²) in [6, 6.07) is 12.4. The molecule has 1 aromatic heterocycles. The van der Waals surface area contributed by atoms with Gasteiger partial charge in [0, 0.05) is 24.2 Å². The lowest BCUT2D eigenvalue weighted by molar-refractivity contribution is 0.948. The minimum absolute atomic E-state index is 0.133. The quantitative estimate of drug-likeness (QED) is 0.686. The zero-order valence-electron chi connectivity index (χ0n) is 13.6. The molecule has 0 radical (unpaired) electrons. The first-order chi connectivity index (χ1) is 10.5. The number of hydrogen-bond acceptors (Lipinski definition) is 1.